The largest absolute Gasteiger partial charge is 0.508 e. The number of carbonyl (C=O) groups is 2. The van der Waals surface area contributed by atoms with Crippen molar-refractivity contribution in [1.29, 1.82) is 0 Å². The number of hydrogen-bond donors (Lipinski definition) is 6. The molecule has 0 radical (unpaired) electrons. The van der Waals surface area contributed by atoms with E-state index in [0.717, 1.165) is 12.1 Å². The van der Waals surface area contributed by atoms with Gasteiger partial charge in [0.1, 0.15) is 71.4 Å². The predicted octanol–water partition coefficient (Wildman–Crippen LogP) is 0.0755. The normalized spacial score (nSPS) is 23.5. The van der Waals surface area contributed by atoms with Crippen molar-refractivity contribution in [2.45, 2.75) is 37.1 Å². The standard InChI is InChI=1S/C24H22O13/c25-11-3-1-10(2-4-11)15-7-14(27)20-13(26)5-12(6-16(20)36-15)35-24-23(33)22(32)21(31)17(37-24)9-34-19(30)8-18(28)29/h1-7,17,21-26,31-33H,8-9H2,(H,28,29)/t17-,21-,22+,23-,24?/m1/s1. The van der Waals surface area contributed by atoms with E-state index in [4.69, 9.17) is 23.7 Å². The molecule has 6 N–H and O–H groups in total. The second-order valence-electron chi connectivity index (χ2n) is 8.22. The van der Waals surface area contributed by atoms with Crippen LogP contribution in [0, 0.1) is 0 Å². The van der Waals surface area contributed by atoms with Crippen LogP contribution in [0.15, 0.2) is 51.7 Å². The number of rotatable bonds is 7. The SMILES string of the molecule is O=C(O)CC(=O)OC[C@H]1OC(Oc2cc(O)c3c(=O)cc(-c4ccc(O)cc4)oc3c2)[C@H](O)[C@@H](O)[C@@H]1O. The van der Waals surface area contributed by atoms with Gasteiger partial charge in [-0.2, -0.15) is 0 Å². The molecule has 5 atom stereocenters. The summed E-state index contributed by atoms with van der Waals surface area (Å²) in [6.07, 6.45) is -9.24. The van der Waals surface area contributed by atoms with Crippen molar-refractivity contribution in [1.82, 2.24) is 0 Å². The molecule has 4 rings (SSSR count). The Hall–Kier alpha value is -4.17. The van der Waals surface area contributed by atoms with Crippen LogP contribution in [-0.4, -0.2) is 79.9 Å². The molecule has 0 saturated carbocycles. The van der Waals surface area contributed by atoms with Crippen LogP contribution in [0.3, 0.4) is 0 Å². The fourth-order valence-electron chi connectivity index (χ4n) is 3.71. The zero-order valence-electron chi connectivity index (χ0n) is 18.9. The maximum Gasteiger partial charge on any atom is 0.317 e. The molecular weight excluding hydrogens is 496 g/mol. The van der Waals surface area contributed by atoms with Crippen molar-refractivity contribution < 1.29 is 58.9 Å². The number of aliphatic carboxylic acids is 1. The van der Waals surface area contributed by atoms with Gasteiger partial charge in [-0.3, -0.25) is 14.4 Å². The third kappa shape index (κ3) is 5.65. The number of phenolic OH excluding ortho intramolecular Hbond substituents is 2. The number of carboxylic acid groups (broad SMARTS) is 1. The number of aliphatic hydroxyl groups excluding tert-OH is 3. The molecule has 3 aromatic rings. The lowest BCUT2D eigenvalue weighted by molar-refractivity contribution is -0.278. The van der Waals surface area contributed by atoms with E-state index >= 15 is 0 Å². The van der Waals surface area contributed by atoms with E-state index in [0.29, 0.717) is 5.56 Å². The molecule has 196 valence electrons. The van der Waals surface area contributed by atoms with Crippen molar-refractivity contribution in [2.75, 3.05) is 6.61 Å². The predicted molar refractivity (Wildman–Crippen MR) is 122 cm³/mol. The van der Waals surface area contributed by atoms with Crippen LogP contribution in [0.1, 0.15) is 6.42 Å². The fraction of sp³-hybridized carbons (Fsp3) is 0.292. The lowest BCUT2D eigenvalue weighted by Crippen LogP contribution is -2.60. The van der Waals surface area contributed by atoms with Crippen molar-refractivity contribution in [3.8, 4) is 28.6 Å². The first-order valence-corrected chi connectivity index (χ1v) is 10.9. The highest BCUT2D eigenvalue weighted by Crippen LogP contribution is 2.33. The number of aliphatic hydroxyl groups is 3. The first-order valence-electron chi connectivity index (χ1n) is 10.9. The molecule has 1 unspecified atom stereocenters. The minimum atomic E-state index is -1.80. The highest BCUT2D eigenvalue weighted by Gasteiger charge is 2.45. The summed E-state index contributed by atoms with van der Waals surface area (Å²) in [5.74, 6) is -3.06. The minimum Gasteiger partial charge on any atom is -0.508 e. The third-order valence-electron chi connectivity index (χ3n) is 5.56. The van der Waals surface area contributed by atoms with Gasteiger partial charge in [-0.1, -0.05) is 0 Å². The monoisotopic (exact) mass is 518 g/mol. The van der Waals surface area contributed by atoms with E-state index in [9.17, 15) is 39.9 Å². The van der Waals surface area contributed by atoms with Gasteiger partial charge in [0, 0.05) is 23.8 Å². The zero-order valence-corrected chi connectivity index (χ0v) is 18.9. The lowest BCUT2D eigenvalue weighted by atomic mass is 9.99. The summed E-state index contributed by atoms with van der Waals surface area (Å²) in [5.41, 5.74) is -0.189. The van der Waals surface area contributed by atoms with Gasteiger partial charge in [0.2, 0.25) is 6.29 Å². The van der Waals surface area contributed by atoms with E-state index in [1.54, 1.807) is 0 Å². The summed E-state index contributed by atoms with van der Waals surface area (Å²) in [5, 5.41) is 59.0. The molecule has 1 saturated heterocycles. The fourth-order valence-corrected chi connectivity index (χ4v) is 3.71. The molecule has 13 nitrogen and oxygen atoms in total. The van der Waals surface area contributed by atoms with Gasteiger partial charge in [-0.05, 0) is 24.3 Å². The van der Waals surface area contributed by atoms with Crippen LogP contribution in [0.25, 0.3) is 22.3 Å². The number of carboxylic acids is 1. The number of hydrogen-bond acceptors (Lipinski definition) is 12. The Labute approximate surface area is 207 Å². The van der Waals surface area contributed by atoms with Crippen LogP contribution in [0.2, 0.25) is 0 Å². The number of benzene rings is 2. The van der Waals surface area contributed by atoms with Crippen LogP contribution in [-0.2, 0) is 19.1 Å². The molecule has 37 heavy (non-hydrogen) atoms. The Morgan fingerprint density at radius 2 is 1.65 bits per heavy atom. The summed E-state index contributed by atoms with van der Waals surface area (Å²) in [6, 6.07) is 9.27. The first-order chi connectivity index (χ1) is 17.5. The molecule has 0 aliphatic carbocycles. The summed E-state index contributed by atoms with van der Waals surface area (Å²) >= 11 is 0. The molecule has 1 aliphatic heterocycles. The van der Waals surface area contributed by atoms with Gasteiger partial charge in [0.05, 0.1) is 0 Å². The molecular formula is C24H22O13. The number of esters is 1. The number of aromatic hydroxyl groups is 2. The van der Waals surface area contributed by atoms with E-state index in [2.05, 4.69) is 0 Å². The number of fused-ring (bicyclic) bond motifs is 1. The summed E-state index contributed by atoms with van der Waals surface area (Å²) in [6.45, 7) is -0.648. The molecule has 1 fully saturated rings. The van der Waals surface area contributed by atoms with Crippen LogP contribution in [0.5, 0.6) is 17.2 Å². The number of carbonyl (C=O) groups excluding carboxylic acids is 1. The third-order valence-corrected chi connectivity index (χ3v) is 5.56. The van der Waals surface area contributed by atoms with Gasteiger partial charge in [-0.15, -0.1) is 0 Å². The van der Waals surface area contributed by atoms with Crippen LogP contribution in [0.4, 0.5) is 0 Å². The second-order valence-corrected chi connectivity index (χ2v) is 8.22. The van der Waals surface area contributed by atoms with Crippen molar-refractivity contribution in [2.24, 2.45) is 0 Å². The van der Waals surface area contributed by atoms with Gasteiger partial charge < -0.3 is 49.3 Å². The lowest BCUT2D eigenvalue weighted by Gasteiger charge is -2.39. The summed E-state index contributed by atoms with van der Waals surface area (Å²) in [4.78, 5) is 34.7. The van der Waals surface area contributed by atoms with E-state index in [1.807, 2.05) is 0 Å². The van der Waals surface area contributed by atoms with E-state index in [1.165, 1.54) is 30.3 Å². The van der Waals surface area contributed by atoms with Gasteiger partial charge in [0.15, 0.2) is 5.43 Å². The maximum absolute atomic E-state index is 12.6. The van der Waals surface area contributed by atoms with E-state index < -0.39 is 66.9 Å². The molecule has 0 bridgehead atoms. The Morgan fingerprint density at radius 1 is 0.946 bits per heavy atom. The van der Waals surface area contributed by atoms with E-state index in [-0.39, 0.29) is 28.2 Å². The average molecular weight is 518 g/mol. The highest BCUT2D eigenvalue weighted by molar-refractivity contribution is 5.90. The second kappa shape index (κ2) is 10.4. The van der Waals surface area contributed by atoms with Gasteiger partial charge in [0.25, 0.3) is 0 Å². The topological polar surface area (TPSA) is 213 Å². The average Bonchev–Trinajstić information content (AvgIpc) is 2.83. The Morgan fingerprint density at radius 3 is 2.32 bits per heavy atom. The highest BCUT2D eigenvalue weighted by atomic mass is 16.7. The number of ether oxygens (including phenoxy) is 3. The Bertz CT molecular complexity index is 1360. The molecule has 2 heterocycles. The molecule has 1 aromatic heterocycles. The molecule has 0 amide bonds. The molecule has 1 aliphatic rings. The van der Waals surface area contributed by atoms with Gasteiger partial charge >= 0.3 is 11.9 Å². The van der Waals surface area contributed by atoms with Crippen LogP contribution < -0.4 is 10.2 Å². The quantitative estimate of drug-likeness (QED) is 0.181. The molecule has 0 spiro atoms. The molecule has 13 heteroatoms. The molecule has 2 aromatic carbocycles. The first kappa shape index (κ1) is 25.9. The minimum absolute atomic E-state index is 0.00789. The van der Waals surface area contributed by atoms with Crippen molar-refractivity contribution in [3.05, 3.63) is 52.7 Å². The van der Waals surface area contributed by atoms with Crippen molar-refractivity contribution >= 4 is 22.9 Å². The van der Waals surface area contributed by atoms with Crippen LogP contribution >= 0.6 is 0 Å². The smallest absolute Gasteiger partial charge is 0.317 e. The zero-order chi connectivity index (χ0) is 26.9. The Balaban J connectivity index is 1.58. The summed E-state index contributed by atoms with van der Waals surface area (Å²) in [7, 11) is 0. The van der Waals surface area contributed by atoms with Crippen molar-refractivity contribution in [3.63, 3.8) is 0 Å². The van der Waals surface area contributed by atoms with Gasteiger partial charge in [-0.25, -0.2) is 0 Å². The number of phenols is 2. The Kier molecular flexibility index (Phi) is 7.31. The maximum atomic E-state index is 12.6. The summed E-state index contributed by atoms with van der Waals surface area (Å²) < 4.78 is 21.4.